The maximum Gasteiger partial charge on any atom is 0.293 e. The third kappa shape index (κ3) is 1.98. The third-order valence-electron chi connectivity index (χ3n) is 2.16. The maximum absolute atomic E-state index is 11.5. The molecule has 2 rings (SSSR count). The number of fused-ring (bicyclic) bond motifs is 1. The number of nitrogens with zero attached hydrogens (tertiary/aromatic N) is 1. The first-order valence-corrected chi connectivity index (χ1v) is 4.85. The van der Waals surface area contributed by atoms with Gasteiger partial charge in [0.25, 0.3) is 11.7 Å². The second kappa shape index (κ2) is 4.47. The Bertz CT molecular complexity index is 391. The van der Waals surface area contributed by atoms with Crippen molar-refractivity contribution in [2.24, 2.45) is 5.73 Å². The number of amides is 1. The molecule has 0 radical (unpaired) electrons. The van der Waals surface area contributed by atoms with Gasteiger partial charge in [-0.25, -0.2) is 4.57 Å². The lowest BCUT2D eigenvalue weighted by Crippen LogP contribution is -2.54. The van der Waals surface area contributed by atoms with Gasteiger partial charge in [0.2, 0.25) is 5.69 Å². The summed E-state index contributed by atoms with van der Waals surface area (Å²) in [6.45, 7) is 0.436. The van der Waals surface area contributed by atoms with Crippen LogP contribution in [0.15, 0.2) is 6.33 Å². The van der Waals surface area contributed by atoms with Crippen molar-refractivity contribution < 1.29 is 19.2 Å². The minimum absolute atomic E-state index is 0.0411. The molecule has 1 aliphatic heterocycles. The number of nitrogens with one attached hydrogen (secondary N) is 3. The molecule has 16 heavy (non-hydrogen) atoms. The van der Waals surface area contributed by atoms with Gasteiger partial charge in [-0.2, -0.15) is 0 Å². The Morgan fingerprint density at radius 3 is 3.12 bits per heavy atom. The lowest BCUT2D eigenvalue weighted by Gasteiger charge is -2.17. The first kappa shape index (κ1) is 10.9. The van der Waals surface area contributed by atoms with Crippen LogP contribution >= 0.6 is 0 Å². The quantitative estimate of drug-likeness (QED) is 0.293. The first-order chi connectivity index (χ1) is 7.72. The number of imidazole rings is 1. The van der Waals surface area contributed by atoms with Gasteiger partial charge in [0, 0.05) is 0 Å². The Balaban J connectivity index is 2.13. The average Bonchev–Trinajstić information content (AvgIpc) is 2.62. The average molecular weight is 228 g/mol. The van der Waals surface area contributed by atoms with E-state index in [9.17, 15) is 4.79 Å². The Hall–Kier alpha value is -1.64. The summed E-state index contributed by atoms with van der Waals surface area (Å²) in [6, 6.07) is 0. The largest absolute Gasteiger partial charge is 0.394 e. The summed E-state index contributed by atoms with van der Waals surface area (Å²) in [5, 5.41) is 14.0. The molecule has 0 fully saturated rings. The Morgan fingerprint density at radius 1 is 1.56 bits per heavy atom. The van der Waals surface area contributed by atoms with Crippen molar-refractivity contribution in [1.29, 1.82) is 0 Å². The number of ether oxygens (including phenoxy) is 1. The van der Waals surface area contributed by atoms with Crippen LogP contribution in [0.3, 0.4) is 0 Å². The summed E-state index contributed by atoms with van der Waals surface area (Å²) in [5.41, 5.74) is 5.98. The molecular formula is C8H14N5O3+. The van der Waals surface area contributed by atoms with Crippen LogP contribution in [0.5, 0.6) is 0 Å². The minimum atomic E-state index is -0.611. The van der Waals surface area contributed by atoms with Gasteiger partial charge in [-0.15, -0.1) is 0 Å². The number of hydrogen-bond donors (Lipinski definition) is 5. The van der Waals surface area contributed by atoms with Crippen LogP contribution in [-0.4, -0.2) is 35.5 Å². The van der Waals surface area contributed by atoms with Gasteiger partial charge < -0.3 is 15.2 Å². The van der Waals surface area contributed by atoms with Crippen LogP contribution in [-0.2, 0) is 11.5 Å². The van der Waals surface area contributed by atoms with Crippen molar-refractivity contribution in [3.05, 3.63) is 12.0 Å². The van der Waals surface area contributed by atoms with Gasteiger partial charge in [-0.1, -0.05) is 0 Å². The minimum Gasteiger partial charge on any atom is -0.394 e. The molecule has 2 heterocycles. The van der Waals surface area contributed by atoms with Crippen LogP contribution in [0.2, 0.25) is 0 Å². The molecule has 1 amide bonds. The van der Waals surface area contributed by atoms with Crippen molar-refractivity contribution in [3.63, 3.8) is 0 Å². The van der Waals surface area contributed by atoms with Gasteiger partial charge in [-0.3, -0.25) is 20.8 Å². The number of carbonyl (C=O) groups is 1. The smallest absolute Gasteiger partial charge is 0.293 e. The van der Waals surface area contributed by atoms with E-state index < -0.39 is 6.29 Å². The molecule has 1 atom stereocenters. The van der Waals surface area contributed by atoms with Crippen molar-refractivity contribution in [1.82, 2.24) is 10.3 Å². The summed E-state index contributed by atoms with van der Waals surface area (Å²) in [4.78, 5) is 14.3. The Kier molecular flexibility index (Phi) is 3.04. The van der Waals surface area contributed by atoms with E-state index in [4.69, 9.17) is 15.6 Å². The summed E-state index contributed by atoms with van der Waals surface area (Å²) in [5.74, 6) is 0.316. The highest BCUT2D eigenvalue weighted by atomic mass is 16.5. The molecule has 8 nitrogen and oxygen atoms in total. The number of rotatable bonds is 4. The van der Waals surface area contributed by atoms with E-state index in [-0.39, 0.29) is 25.9 Å². The number of hydrogen-bond acceptors (Lipinski definition) is 5. The lowest BCUT2D eigenvalue weighted by atomic mass is 10.3. The Labute approximate surface area is 91.4 Å². The standard InChI is InChI=1S/C8H13N5O3/c9-8-11-6-5(7(15)12-8)10-3-13(6)4-16-2-1-14/h3,8,14H,1-2,4,9H2,(H2,11,12,15)/p+1/t8-/m0/s1. The maximum atomic E-state index is 11.5. The molecule has 0 bridgehead atoms. The summed E-state index contributed by atoms with van der Waals surface area (Å²) in [6.07, 6.45) is 0.993. The summed E-state index contributed by atoms with van der Waals surface area (Å²) < 4.78 is 6.81. The topological polar surface area (TPSA) is 116 Å². The number of nitrogens with two attached hydrogens (primary N) is 1. The molecule has 1 aromatic heterocycles. The molecule has 0 saturated carbocycles. The van der Waals surface area contributed by atoms with Crippen molar-refractivity contribution in [2.75, 3.05) is 18.5 Å². The van der Waals surface area contributed by atoms with Gasteiger partial charge >= 0.3 is 0 Å². The second-order valence-electron chi connectivity index (χ2n) is 3.32. The number of anilines is 1. The van der Waals surface area contributed by atoms with Gasteiger partial charge in [0.1, 0.15) is 0 Å². The molecule has 0 aromatic carbocycles. The second-order valence-corrected chi connectivity index (χ2v) is 3.32. The zero-order chi connectivity index (χ0) is 11.5. The van der Waals surface area contributed by atoms with Gasteiger partial charge in [-0.05, 0) is 0 Å². The number of H-pyrrole nitrogens is 1. The normalized spacial score (nSPS) is 18.9. The van der Waals surface area contributed by atoms with E-state index in [0.29, 0.717) is 11.5 Å². The van der Waals surface area contributed by atoms with E-state index in [1.807, 2.05) is 0 Å². The Morgan fingerprint density at radius 2 is 2.38 bits per heavy atom. The van der Waals surface area contributed by atoms with Gasteiger partial charge in [0.05, 0.1) is 13.2 Å². The van der Waals surface area contributed by atoms with Crippen LogP contribution < -0.4 is 20.9 Å². The molecular weight excluding hydrogens is 214 g/mol. The van der Waals surface area contributed by atoms with Crippen LogP contribution in [0, 0.1) is 0 Å². The van der Waals surface area contributed by atoms with E-state index in [2.05, 4.69) is 15.6 Å². The molecule has 6 N–H and O–H groups in total. The fourth-order valence-electron chi connectivity index (χ4n) is 1.47. The van der Waals surface area contributed by atoms with Crippen LogP contribution in [0.1, 0.15) is 10.5 Å². The molecule has 0 saturated heterocycles. The number of aliphatic hydroxyl groups excluding tert-OH is 1. The lowest BCUT2D eigenvalue weighted by molar-refractivity contribution is -0.719. The molecule has 0 spiro atoms. The zero-order valence-corrected chi connectivity index (χ0v) is 8.56. The number of aromatic amines is 1. The molecule has 88 valence electrons. The van der Waals surface area contributed by atoms with E-state index in [1.165, 1.54) is 0 Å². The summed E-state index contributed by atoms with van der Waals surface area (Å²) >= 11 is 0. The third-order valence-corrected chi connectivity index (χ3v) is 2.16. The molecule has 0 aliphatic carbocycles. The first-order valence-electron chi connectivity index (χ1n) is 4.85. The highest BCUT2D eigenvalue weighted by Crippen LogP contribution is 2.11. The van der Waals surface area contributed by atoms with E-state index >= 15 is 0 Å². The van der Waals surface area contributed by atoms with Crippen LogP contribution in [0.4, 0.5) is 5.82 Å². The molecule has 1 aliphatic rings. The van der Waals surface area contributed by atoms with Gasteiger partial charge in [0.15, 0.2) is 19.3 Å². The highest BCUT2D eigenvalue weighted by Gasteiger charge is 2.31. The number of aromatic nitrogens is 2. The number of carbonyl (C=O) groups excluding carboxylic acids is 1. The van der Waals surface area contributed by atoms with E-state index in [0.717, 1.165) is 0 Å². The van der Waals surface area contributed by atoms with Crippen LogP contribution in [0.25, 0.3) is 0 Å². The summed E-state index contributed by atoms with van der Waals surface area (Å²) in [7, 11) is 0. The SMILES string of the molecule is N[C@@H]1NC(=O)c2[nH]c[n+](COCCO)c2N1. The predicted molar refractivity (Wildman–Crippen MR) is 53.1 cm³/mol. The van der Waals surface area contributed by atoms with Crippen molar-refractivity contribution in [3.8, 4) is 0 Å². The van der Waals surface area contributed by atoms with E-state index in [1.54, 1.807) is 10.9 Å². The zero-order valence-electron chi connectivity index (χ0n) is 8.56. The van der Waals surface area contributed by atoms with Crippen molar-refractivity contribution in [2.45, 2.75) is 13.0 Å². The monoisotopic (exact) mass is 228 g/mol. The highest BCUT2D eigenvalue weighted by molar-refractivity contribution is 5.98. The molecule has 1 aromatic rings. The number of aliphatic hydroxyl groups is 1. The predicted octanol–water partition coefficient (Wildman–Crippen LogP) is -2.33. The van der Waals surface area contributed by atoms with Crippen molar-refractivity contribution >= 4 is 11.7 Å². The molecule has 0 unspecified atom stereocenters. The fraction of sp³-hybridized carbons (Fsp3) is 0.500. The molecule has 8 heteroatoms. The fourth-order valence-corrected chi connectivity index (χ4v) is 1.47.